The number of anilines is 1. The third-order valence-electron chi connectivity index (χ3n) is 5.05. The lowest BCUT2D eigenvalue weighted by Crippen LogP contribution is -2.55. The topological polar surface area (TPSA) is 69.6 Å². The fourth-order valence-corrected chi connectivity index (χ4v) is 4.59. The van der Waals surface area contributed by atoms with Gasteiger partial charge in [0.15, 0.2) is 0 Å². The number of hydrogen-bond acceptors (Lipinski definition) is 5. The molecule has 1 saturated heterocycles. The molecule has 1 aliphatic heterocycles. The summed E-state index contributed by atoms with van der Waals surface area (Å²) in [5, 5.41) is 10.5. The van der Waals surface area contributed by atoms with Crippen molar-refractivity contribution >= 4 is 33.5 Å². The summed E-state index contributed by atoms with van der Waals surface area (Å²) in [5.74, 6) is 0.918. The third kappa shape index (κ3) is 3.60. The van der Waals surface area contributed by atoms with Crippen LogP contribution in [0.3, 0.4) is 0 Å². The van der Waals surface area contributed by atoms with Crippen LogP contribution in [0.25, 0.3) is 10.2 Å². The maximum atomic E-state index is 11.5. The maximum Gasteiger partial charge on any atom is 0.407 e. The summed E-state index contributed by atoms with van der Waals surface area (Å²) in [6, 6.07) is 12.4. The number of benzene rings is 1. The zero-order valence-corrected chi connectivity index (χ0v) is 16.0. The predicted molar refractivity (Wildman–Crippen MR) is 108 cm³/mol. The molecule has 0 radical (unpaired) electrons. The first-order valence-electron chi connectivity index (χ1n) is 9.17. The van der Waals surface area contributed by atoms with Crippen LogP contribution < -0.4 is 4.90 Å². The van der Waals surface area contributed by atoms with Gasteiger partial charge >= 0.3 is 6.09 Å². The molecule has 1 aliphatic rings. The summed E-state index contributed by atoms with van der Waals surface area (Å²) < 4.78 is 0. The Morgan fingerprint density at radius 3 is 2.81 bits per heavy atom. The molecule has 1 fully saturated rings. The van der Waals surface area contributed by atoms with Gasteiger partial charge in [-0.25, -0.2) is 14.8 Å². The molecule has 0 saturated carbocycles. The maximum absolute atomic E-state index is 11.5. The SMILES string of the molecule is CCc1cc2c(N3CCN(C(=O)O)CC3Cc3ccccc3)ncnc2s1. The van der Waals surface area contributed by atoms with Crippen LogP contribution in [0.4, 0.5) is 10.6 Å². The number of carbonyl (C=O) groups is 1. The summed E-state index contributed by atoms with van der Waals surface area (Å²) >= 11 is 1.70. The van der Waals surface area contributed by atoms with E-state index >= 15 is 0 Å². The number of aromatic nitrogens is 2. The molecule has 4 rings (SSSR count). The van der Waals surface area contributed by atoms with Crippen LogP contribution in [0.15, 0.2) is 42.7 Å². The van der Waals surface area contributed by atoms with E-state index in [2.05, 4.69) is 40.0 Å². The Bertz CT molecular complexity index is 944. The Morgan fingerprint density at radius 1 is 1.26 bits per heavy atom. The number of fused-ring (bicyclic) bond motifs is 1. The van der Waals surface area contributed by atoms with E-state index in [1.54, 1.807) is 17.7 Å². The predicted octanol–water partition coefficient (Wildman–Crippen LogP) is 3.67. The Kier molecular flexibility index (Phi) is 4.94. The van der Waals surface area contributed by atoms with Crippen LogP contribution in [-0.4, -0.2) is 51.7 Å². The summed E-state index contributed by atoms with van der Waals surface area (Å²) in [5.41, 5.74) is 1.20. The molecule has 0 aliphatic carbocycles. The number of carboxylic acid groups (broad SMARTS) is 1. The van der Waals surface area contributed by atoms with Gasteiger partial charge in [0.1, 0.15) is 17.0 Å². The average Bonchev–Trinajstić information content (AvgIpc) is 3.12. The first-order chi connectivity index (χ1) is 13.2. The highest BCUT2D eigenvalue weighted by Crippen LogP contribution is 2.32. The standard InChI is InChI=1S/C20H22N4O2S/c1-2-16-11-17-18(21-13-22-19(17)27-16)24-9-8-23(20(25)26)12-15(24)10-14-6-4-3-5-7-14/h3-7,11,13,15H,2,8-10,12H2,1H3,(H,25,26). The van der Waals surface area contributed by atoms with E-state index in [1.807, 2.05) is 18.2 Å². The van der Waals surface area contributed by atoms with Crippen molar-refractivity contribution in [2.75, 3.05) is 24.5 Å². The highest BCUT2D eigenvalue weighted by molar-refractivity contribution is 7.18. The Morgan fingerprint density at radius 2 is 2.07 bits per heavy atom. The van der Waals surface area contributed by atoms with Crippen molar-refractivity contribution in [3.8, 4) is 0 Å². The Hall–Kier alpha value is -2.67. The van der Waals surface area contributed by atoms with Crippen LogP contribution in [0.1, 0.15) is 17.4 Å². The second kappa shape index (κ2) is 7.52. The lowest BCUT2D eigenvalue weighted by molar-refractivity contribution is 0.134. The second-order valence-corrected chi connectivity index (χ2v) is 7.86. The number of thiophene rings is 1. The van der Waals surface area contributed by atoms with Crippen molar-refractivity contribution < 1.29 is 9.90 Å². The average molecular weight is 382 g/mol. The lowest BCUT2D eigenvalue weighted by atomic mass is 10.0. The van der Waals surface area contributed by atoms with Crippen molar-refractivity contribution in [2.45, 2.75) is 25.8 Å². The first-order valence-corrected chi connectivity index (χ1v) is 9.99. The fraction of sp³-hybridized carbons (Fsp3) is 0.350. The number of amides is 1. The number of rotatable bonds is 4. The smallest absolute Gasteiger partial charge is 0.407 e. The fourth-order valence-electron chi connectivity index (χ4n) is 3.66. The van der Waals surface area contributed by atoms with Gasteiger partial charge in [0.25, 0.3) is 0 Å². The van der Waals surface area contributed by atoms with Crippen LogP contribution >= 0.6 is 11.3 Å². The molecule has 3 aromatic rings. The van der Waals surface area contributed by atoms with Gasteiger partial charge in [-0.3, -0.25) is 0 Å². The molecule has 3 heterocycles. The van der Waals surface area contributed by atoms with Gasteiger partial charge in [0.2, 0.25) is 0 Å². The van der Waals surface area contributed by atoms with E-state index in [-0.39, 0.29) is 6.04 Å². The number of piperazine rings is 1. The van der Waals surface area contributed by atoms with Crippen molar-refractivity contribution in [2.24, 2.45) is 0 Å². The molecular formula is C20H22N4O2S. The Balaban J connectivity index is 1.70. The van der Waals surface area contributed by atoms with Gasteiger partial charge in [-0.1, -0.05) is 37.3 Å². The molecule has 0 spiro atoms. The zero-order chi connectivity index (χ0) is 18.8. The molecule has 140 valence electrons. The lowest BCUT2D eigenvalue weighted by Gasteiger charge is -2.41. The molecule has 7 heteroatoms. The van der Waals surface area contributed by atoms with E-state index in [0.29, 0.717) is 19.6 Å². The number of nitrogens with zero attached hydrogens (tertiary/aromatic N) is 4. The minimum absolute atomic E-state index is 0.0420. The summed E-state index contributed by atoms with van der Waals surface area (Å²) in [6.45, 7) is 3.73. The Labute approximate surface area is 162 Å². The van der Waals surface area contributed by atoms with Crippen molar-refractivity contribution in [3.63, 3.8) is 0 Å². The van der Waals surface area contributed by atoms with Gasteiger partial charge < -0.3 is 14.9 Å². The van der Waals surface area contributed by atoms with Crippen LogP contribution in [0.2, 0.25) is 0 Å². The summed E-state index contributed by atoms with van der Waals surface area (Å²) in [4.78, 5) is 26.6. The molecule has 1 aromatic carbocycles. The van der Waals surface area contributed by atoms with Crippen molar-refractivity contribution in [1.82, 2.24) is 14.9 Å². The summed E-state index contributed by atoms with van der Waals surface area (Å²) in [6.07, 6.45) is 2.52. The van der Waals surface area contributed by atoms with E-state index in [1.165, 1.54) is 15.3 Å². The van der Waals surface area contributed by atoms with Crippen LogP contribution in [-0.2, 0) is 12.8 Å². The van der Waals surface area contributed by atoms with Gasteiger partial charge in [-0.15, -0.1) is 11.3 Å². The van der Waals surface area contributed by atoms with Gasteiger partial charge in [0, 0.05) is 24.5 Å². The highest BCUT2D eigenvalue weighted by Gasteiger charge is 2.31. The van der Waals surface area contributed by atoms with E-state index in [4.69, 9.17) is 0 Å². The minimum atomic E-state index is -0.857. The van der Waals surface area contributed by atoms with E-state index in [9.17, 15) is 9.90 Å². The monoisotopic (exact) mass is 382 g/mol. The van der Waals surface area contributed by atoms with Crippen molar-refractivity contribution in [1.29, 1.82) is 0 Å². The highest BCUT2D eigenvalue weighted by atomic mass is 32.1. The molecule has 0 bridgehead atoms. The number of hydrogen-bond donors (Lipinski definition) is 1. The molecule has 1 amide bonds. The second-order valence-electron chi connectivity index (χ2n) is 6.75. The normalized spacial score (nSPS) is 17.4. The third-order valence-corrected chi connectivity index (χ3v) is 6.23. The van der Waals surface area contributed by atoms with Gasteiger partial charge in [-0.2, -0.15) is 0 Å². The van der Waals surface area contributed by atoms with Crippen LogP contribution in [0, 0.1) is 0 Å². The molecule has 6 nitrogen and oxygen atoms in total. The molecule has 1 unspecified atom stereocenters. The number of aryl methyl sites for hydroxylation is 1. The molecule has 2 aromatic heterocycles. The minimum Gasteiger partial charge on any atom is -0.465 e. The first kappa shape index (κ1) is 17.7. The quantitative estimate of drug-likeness (QED) is 0.746. The van der Waals surface area contributed by atoms with Gasteiger partial charge in [-0.05, 0) is 24.5 Å². The van der Waals surface area contributed by atoms with E-state index < -0.39 is 6.09 Å². The molecular weight excluding hydrogens is 360 g/mol. The summed E-state index contributed by atoms with van der Waals surface area (Å²) in [7, 11) is 0. The van der Waals surface area contributed by atoms with Crippen molar-refractivity contribution in [3.05, 3.63) is 53.2 Å². The van der Waals surface area contributed by atoms with Gasteiger partial charge in [0.05, 0.1) is 11.4 Å². The largest absolute Gasteiger partial charge is 0.465 e. The zero-order valence-electron chi connectivity index (χ0n) is 15.2. The molecule has 27 heavy (non-hydrogen) atoms. The molecule has 1 atom stereocenters. The van der Waals surface area contributed by atoms with Crippen LogP contribution in [0.5, 0.6) is 0 Å². The molecule has 1 N–H and O–H groups in total. The van der Waals surface area contributed by atoms with E-state index in [0.717, 1.165) is 28.9 Å².